The van der Waals surface area contributed by atoms with E-state index in [1.807, 2.05) is 19.1 Å². The predicted octanol–water partition coefficient (Wildman–Crippen LogP) is 3.74. The monoisotopic (exact) mass is 469 g/mol. The number of fused-ring (bicyclic) bond motifs is 1. The Morgan fingerprint density at radius 2 is 1.85 bits per heavy atom. The number of ether oxygens (including phenoxy) is 1. The van der Waals surface area contributed by atoms with E-state index >= 15 is 0 Å². The lowest BCUT2D eigenvalue weighted by molar-refractivity contribution is -0.140. The van der Waals surface area contributed by atoms with Crippen molar-refractivity contribution >= 4 is 28.7 Å². The van der Waals surface area contributed by atoms with Gasteiger partial charge in [0.1, 0.15) is 5.52 Å². The SMILES string of the molecule is CC[C@H](NC(=O)C(CC(=O)N1CCOCC1)CC1CCCCC1)C(=O)c1nc2ccccc2o1. The van der Waals surface area contributed by atoms with Gasteiger partial charge in [0.05, 0.1) is 19.3 Å². The molecule has 0 bridgehead atoms. The molecule has 2 aromatic rings. The second-order valence-corrected chi connectivity index (χ2v) is 9.45. The van der Waals surface area contributed by atoms with Crippen LogP contribution in [0.5, 0.6) is 0 Å². The van der Waals surface area contributed by atoms with Crippen molar-refractivity contribution < 1.29 is 23.5 Å². The van der Waals surface area contributed by atoms with Crippen LogP contribution in [0.3, 0.4) is 0 Å². The molecule has 1 aliphatic heterocycles. The largest absolute Gasteiger partial charge is 0.434 e. The number of benzene rings is 1. The molecule has 1 unspecified atom stereocenters. The molecule has 1 aromatic carbocycles. The van der Waals surface area contributed by atoms with E-state index in [2.05, 4.69) is 10.3 Å². The first-order valence-electron chi connectivity index (χ1n) is 12.6. The van der Waals surface area contributed by atoms with Crippen LogP contribution in [0.1, 0.15) is 69.0 Å². The molecule has 2 amide bonds. The Morgan fingerprint density at radius 3 is 2.56 bits per heavy atom. The summed E-state index contributed by atoms with van der Waals surface area (Å²) in [4.78, 5) is 45.5. The maximum Gasteiger partial charge on any atom is 0.266 e. The van der Waals surface area contributed by atoms with Gasteiger partial charge < -0.3 is 19.4 Å². The van der Waals surface area contributed by atoms with Crippen LogP contribution in [0.25, 0.3) is 11.1 Å². The molecule has 8 nitrogen and oxygen atoms in total. The highest BCUT2D eigenvalue weighted by Gasteiger charge is 2.32. The average Bonchev–Trinajstić information content (AvgIpc) is 3.32. The zero-order valence-electron chi connectivity index (χ0n) is 20.0. The van der Waals surface area contributed by atoms with Gasteiger partial charge in [0.2, 0.25) is 17.6 Å². The van der Waals surface area contributed by atoms with Gasteiger partial charge in [-0.05, 0) is 30.9 Å². The zero-order valence-corrected chi connectivity index (χ0v) is 20.0. The highest BCUT2D eigenvalue weighted by Crippen LogP contribution is 2.31. The first-order valence-corrected chi connectivity index (χ1v) is 12.6. The summed E-state index contributed by atoms with van der Waals surface area (Å²) in [6, 6.07) is 6.46. The van der Waals surface area contributed by atoms with Gasteiger partial charge in [0.15, 0.2) is 5.58 Å². The lowest BCUT2D eigenvalue weighted by Gasteiger charge is -2.30. The third-order valence-corrected chi connectivity index (χ3v) is 7.04. The van der Waals surface area contributed by atoms with Gasteiger partial charge in [-0.25, -0.2) is 4.98 Å². The second kappa shape index (κ2) is 11.6. The fraction of sp³-hybridized carbons (Fsp3) is 0.615. The van der Waals surface area contributed by atoms with Crippen LogP contribution in [0, 0.1) is 11.8 Å². The van der Waals surface area contributed by atoms with Crippen LogP contribution in [-0.4, -0.2) is 59.8 Å². The molecule has 8 heteroatoms. The number of carbonyl (C=O) groups is 3. The van der Waals surface area contributed by atoms with Gasteiger partial charge in [-0.2, -0.15) is 0 Å². The molecule has 1 saturated carbocycles. The number of Topliss-reactive ketones (excluding diaryl/α,β-unsaturated/α-hetero) is 1. The molecule has 2 heterocycles. The van der Waals surface area contributed by atoms with Crippen molar-refractivity contribution in [2.45, 2.75) is 64.3 Å². The van der Waals surface area contributed by atoms with Gasteiger partial charge in [0.25, 0.3) is 5.89 Å². The lowest BCUT2D eigenvalue weighted by atomic mass is 9.81. The number of rotatable bonds is 9. The normalized spacial score (nSPS) is 19.0. The Morgan fingerprint density at radius 1 is 1.12 bits per heavy atom. The Bertz CT molecular complexity index is 958. The summed E-state index contributed by atoms with van der Waals surface area (Å²) in [6.07, 6.45) is 7.01. The van der Waals surface area contributed by atoms with Crippen molar-refractivity contribution in [3.8, 4) is 0 Å². The van der Waals surface area contributed by atoms with E-state index in [1.54, 1.807) is 17.0 Å². The molecule has 34 heavy (non-hydrogen) atoms. The summed E-state index contributed by atoms with van der Waals surface area (Å²) in [5.41, 5.74) is 1.15. The summed E-state index contributed by atoms with van der Waals surface area (Å²) in [7, 11) is 0. The maximum absolute atomic E-state index is 13.4. The van der Waals surface area contributed by atoms with E-state index in [0.29, 0.717) is 56.2 Å². The van der Waals surface area contributed by atoms with Gasteiger partial charge in [0, 0.05) is 25.4 Å². The maximum atomic E-state index is 13.4. The number of aromatic nitrogens is 1. The molecule has 4 rings (SSSR count). The number of para-hydroxylation sites is 2. The predicted molar refractivity (Wildman–Crippen MR) is 127 cm³/mol. The number of morpholine rings is 1. The van der Waals surface area contributed by atoms with Gasteiger partial charge in [-0.3, -0.25) is 14.4 Å². The number of nitrogens with one attached hydrogen (secondary N) is 1. The van der Waals surface area contributed by atoms with Crippen LogP contribution in [0.15, 0.2) is 28.7 Å². The van der Waals surface area contributed by atoms with E-state index in [0.717, 1.165) is 12.8 Å². The third-order valence-electron chi connectivity index (χ3n) is 7.04. The van der Waals surface area contributed by atoms with E-state index in [1.165, 1.54) is 19.3 Å². The number of ketones is 1. The molecular formula is C26H35N3O5. The Kier molecular flexibility index (Phi) is 8.32. The van der Waals surface area contributed by atoms with Gasteiger partial charge in [-0.15, -0.1) is 0 Å². The van der Waals surface area contributed by atoms with Gasteiger partial charge >= 0.3 is 0 Å². The smallest absolute Gasteiger partial charge is 0.266 e. The minimum Gasteiger partial charge on any atom is -0.434 e. The molecule has 2 aliphatic rings. The lowest BCUT2D eigenvalue weighted by Crippen LogP contribution is -2.46. The summed E-state index contributed by atoms with van der Waals surface area (Å²) >= 11 is 0. The Labute approximate surface area is 200 Å². The number of oxazole rings is 1. The Hall–Kier alpha value is -2.74. The summed E-state index contributed by atoms with van der Waals surface area (Å²) in [5, 5.41) is 2.92. The average molecular weight is 470 g/mol. The van der Waals surface area contributed by atoms with Crippen LogP contribution < -0.4 is 5.32 Å². The first-order chi connectivity index (χ1) is 16.5. The van der Waals surface area contributed by atoms with E-state index < -0.39 is 12.0 Å². The number of carbonyl (C=O) groups excluding carboxylic acids is 3. The van der Waals surface area contributed by atoms with E-state index in [-0.39, 0.29) is 29.9 Å². The summed E-state index contributed by atoms with van der Waals surface area (Å²) < 4.78 is 11.0. The van der Waals surface area contributed by atoms with Crippen molar-refractivity contribution in [3.63, 3.8) is 0 Å². The van der Waals surface area contributed by atoms with E-state index in [4.69, 9.17) is 9.15 Å². The Balaban J connectivity index is 1.45. The van der Waals surface area contributed by atoms with E-state index in [9.17, 15) is 14.4 Å². The molecule has 0 radical (unpaired) electrons. The molecule has 1 N–H and O–H groups in total. The van der Waals surface area contributed by atoms with Crippen LogP contribution in [-0.2, 0) is 14.3 Å². The summed E-state index contributed by atoms with van der Waals surface area (Å²) in [6.45, 7) is 4.03. The second-order valence-electron chi connectivity index (χ2n) is 9.45. The molecule has 0 spiro atoms. The molecule has 1 saturated heterocycles. The van der Waals surface area contributed by atoms with Crippen molar-refractivity contribution in [2.75, 3.05) is 26.3 Å². The quantitative estimate of drug-likeness (QED) is 0.562. The molecule has 184 valence electrons. The summed E-state index contributed by atoms with van der Waals surface area (Å²) in [5.74, 6) is -0.607. The van der Waals surface area contributed by atoms with Crippen molar-refractivity contribution in [2.24, 2.45) is 11.8 Å². The van der Waals surface area contributed by atoms with Crippen molar-refractivity contribution in [3.05, 3.63) is 30.2 Å². The van der Waals surface area contributed by atoms with Crippen molar-refractivity contribution in [1.29, 1.82) is 0 Å². The number of hydrogen-bond acceptors (Lipinski definition) is 6. The zero-order chi connectivity index (χ0) is 23.9. The van der Waals surface area contributed by atoms with Crippen molar-refractivity contribution in [1.82, 2.24) is 15.2 Å². The number of amides is 2. The van der Waals surface area contributed by atoms with Crippen LogP contribution in [0.2, 0.25) is 0 Å². The first kappa shape index (κ1) is 24.4. The number of hydrogen-bond donors (Lipinski definition) is 1. The fourth-order valence-corrected chi connectivity index (χ4v) is 5.03. The highest BCUT2D eigenvalue weighted by molar-refractivity contribution is 6.00. The van der Waals surface area contributed by atoms with Gasteiger partial charge in [-0.1, -0.05) is 51.2 Å². The highest BCUT2D eigenvalue weighted by atomic mass is 16.5. The molecule has 1 aromatic heterocycles. The molecule has 2 fully saturated rings. The minimum absolute atomic E-state index is 0.00146. The topological polar surface area (TPSA) is 102 Å². The number of nitrogens with zero attached hydrogens (tertiary/aromatic N) is 2. The third kappa shape index (κ3) is 6.03. The molecular weight excluding hydrogens is 434 g/mol. The fourth-order valence-electron chi connectivity index (χ4n) is 5.03. The molecule has 2 atom stereocenters. The van der Waals surface area contributed by atoms with Crippen LogP contribution in [0.4, 0.5) is 0 Å². The molecule has 1 aliphatic carbocycles. The van der Waals surface area contributed by atoms with Crippen LogP contribution >= 0.6 is 0 Å². The minimum atomic E-state index is -0.743. The standard InChI is InChI=1S/C26H35N3O5/c1-2-20(24(31)26-28-21-10-6-7-11-22(21)34-26)27-25(32)19(16-18-8-4-3-5-9-18)17-23(30)29-12-14-33-15-13-29/h6-7,10-11,18-20H,2-5,8-9,12-17H2,1H3,(H,27,32)/t19?,20-/m0/s1.